The Morgan fingerprint density at radius 1 is 1.50 bits per heavy atom. The minimum Gasteiger partial charge on any atom is -0.480 e. The van der Waals surface area contributed by atoms with Crippen molar-refractivity contribution in [1.29, 1.82) is 0 Å². The number of ether oxygens (including phenoxy) is 1. The standard InChI is InChI=1S/C14H20N6O5S/c15-6(14(23)24)1-2-26-3-7-9(21)10(22)13(25-7)20-5-19-8-11(16)17-4-18-12(8)20/h4-7,9-10,13,21-22H,1-3,15H2,(H,23,24)(H2,16,17,18)/t6-,7+,9+,10+,13+/m0/s1/i2T,10T/t2?,6-,7+,9+,10+,13+. The maximum atomic E-state index is 10.8. The van der Waals surface area contributed by atoms with E-state index in [9.17, 15) is 15.0 Å². The number of aliphatic hydroxyl groups excluding tert-OH is 1. The third kappa shape index (κ3) is 3.59. The summed E-state index contributed by atoms with van der Waals surface area (Å²) in [4.78, 5) is 22.7. The maximum Gasteiger partial charge on any atom is 0.320 e. The molecule has 1 unspecified atom stereocenters. The average Bonchev–Trinajstić information content (AvgIpc) is 3.14. The van der Waals surface area contributed by atoms with E-state index in [2.05, 4.69) is 15.0 Å². The number of nitrogens with zero attached hydrogens (tertiary/aromatic N) is 4. The first-order valence-corrected chi connectivity index (χ1v) is 8.69. The topological polar surface area (TPSA) is 183 Å². The van der Waals surface area contributed by atoms with Gasteiger partial charge in [0.2, 0.25) is 0 Å². The Balaban J connectivity index is 1.73. The van der Waals surface area contributed by atoms with E-state index in [1.54, 1.807) is 0 Å². The molecule has 2 aromatic heterocycles. The molecule has 12 heteroatoms. The van der Waals surface area contributed by atoms with Gasteiger partial charge in [0.15, 0.2) is 17.7 Å². The van der Waals surface area contributed by atoms with Gasteiger partial charge >= 0.3 is 5.97 Å². The van der Waals surface area contributed by atoms with Crippen molar-refractivity contribution in [3.05, 3.63) is 12.7 Å². The molecular weight excluding hydrogens is 364 g/mol. The van der Waals surface area contributed by atoms with Crippen molar-refractivity contribution in [1.82, 2.24) is 19.5 Å². The third-order valence-corrected chi connectivity index (χ3v) is 4.85. The summed E-state index contributed by atoms with van der Waals surface area (Å²) in [5.74, 6) is -1.04. The molecule has 3 heterocycles. The van der Waals surface area contributed by atoms with Gasteiger partial charge in [-0.15, -0.1) is 0 Å². The molecule has 11 nitrogen and oxygen atoms in total. The van der Waals surface area contributed by atoms with Crippen molar-refractivity contribution in [3.63, 3.8) is 0 Å². The van der Waals surface area contributed by atoms with Crippen LogP contribution in [0.5, 0.6) is 0 Å². The Kier molecular flexibility index (Phi) is 4.81. The fourth-order valence-corrected chi connectivity index (χ4v) is 3.39. The first kappa shape index (κ1) is 16.2. The van der Waals surface area contributed by atoms with Gasteiger partial charge in [0, 0.05) is 7.12 Å². The number of fused-ring (bicyclic) bond motifs is 1. The van der Waals surface area contributed by atoms with Crippen molar-refractivity contribution < 1.29 is 27.6 Å². The van der Waals surface area contributed by atoms with Gasteiger partial charge in [-0.3, -0.25) is 9.36 Å². The number of thioether (sulfide) groups is 1. The fourth-order valence-electron chi connectivity index (χ4n) is 2.46. The molecular formula is C14H20N6O5S. The minimum absolute atomic E-state index is 0.0448. The number of anilines is 1. The molecule has 0 radical (unpaired) electrons. The number of carboxylic acid groups (broad SMARTS) is 1. The number of aromatic nitrogens is 4. The number of rotatable bonds is 7. The Bertz CT molecular complexity index is 870. The van der Waals surface area contributed by atoms with Crippen LogP contribution in [0.15, 0.2) is 12.7 Å². The molecule has 0 bridgehead atoms. The van der Waals surface area contributed by atoms with Crippen LogP contribution in [-0.2, 0) is 9.53 Å². The number of hydrogen-bond acceptors (Lipinski definition) is 10. The van der Waals surface area contributed by atoms with E-state index in [1.165, 1.54) is 17.2 Å². The van der Waals surface area contributed by atoms with Crippen LogP contribution in [0, 0.1) is 0 Å². The van der Waals surface area contributed by atoms with Crippen molar-refractivity contribution in [2.75, 3.05) is 17.2 Å². The van der Waals surface area contributed by atoms with Crippen molar-refractivity contribution >= 4 is 34.7 Å². The molecule has 7 N–H and O–H groups in total. The second-order valence-corrected chi connectivity index (χ2v) is 6.66. The first-order valence-electron chi connectivity index (χ1n) is 8.71. The number of aliphatic carboxylic acids is 1. The molecule has 0 aromatic carbocycles. The molecule has 26 heavy (non-hydrogen) atoms. The second-order valence-electron chi connectivity index (χ2n) is 5.66. The monoisotopic (exact) mass is 388 g/mol. The predicted molar refractivity (Wildman–Crippen MR) is 93.2 cm³/mol. The van der Waals surface area contributed by atoms with Gasteiger partial charge in [0.25, 0.3) is 0 Å². The zero-order valence-corrected chi connectivity index (χ0v) is 14.3. The summed E-state index contributed by atoms with van der Waals surface area (Å²) in [6.45, 7) is 0. The Morgan fingerprint density at radius 2 is 2.27 bits per heavy atom. The zero-order valence-electron chi connectivity index (χ0n) is 15.5. The van der Waals surface area contributed by atoms with Gasteiger partial charge < -0.3 is 31.5 Å². The molecule has 1 fully saturated rings. The van der Waals surface area contributed by atoms with Crippen LogP contribution >= 0.6 is 11.8 Å². The molecule has 0 saturated carbocycles. The maximum absolute atomic E-state index is 10.8. The van der Waals surface area contributed by atoms with E-state index < -0.39 is 42.3 Å². The highest BCUT2D eigenvalue weighted by Gasteiger charge is 2.44. The number of carbonyl (C=O) groups is 1. The quantitative estimate of drug-likeness (QED) is 0.374. The molecule has 2 aromatic rings. The molecule has 1 aliphatic heterocycles. The highest BCUT2D eigenvalue weighted by Crippen LogP contribution is 2.33. The van der Waals surface area contributed by atoms with Gasteiger partial charge in [-0.2, -0.15) is 11.8 Å². The lowest BCUT2D eigenvalue weighted by Gasteiger charge is -2.16. The van der Waals surface area contributed by atoms with E-state index in [1.807, 2.05) is 0 Å². The van der Waals surface area contributed by atoms with Crippen LogP contribution in [0.25, 0.3) is 11.2 Å². The number of hydrogen-bond donors (Lipinski definition) is 5. The number of carboxylic acids is 1. The van der Waals surface area contributed by atoms with E-state index in [0.717, 1.165) is 11.8 Å². The normalized spacial score (nSPS) is 32.2. The molecule has 0 amide bonds. The molecule has 0 spiro atoms. The summed E-state index contributed by atoms with van der Waals surface area (Å²) >= 11 is 1.00. The molecule has 3 rings (SSSR count). The summed E-state index contributed by atoms with van der Waals surface area (Å²) in [6.07, 6.45) is -3.91. The van der Waals surface area contributed by atoms with E-state index in [0.29, 0.717) is 0 Å². The lowest BCUT2D eigenvalue weighted by atomic mass is 10.1. The third-order valence-electron chi connectivity index (χ3n) is 3.90. The summed E-state index contributed by atoms with van der Waals surface area (Å²) in [6, 6.07) is -1.17. The number of nitrogens with two attached hydrogens (primary N) is 2. The molecule has 0 aliphatic carbocycles. The van der Waals surface area contributed by atoms with Crippen LogP contribution in [0.3, 0.4) is 0 Å². The van der Waals surface area contributed by atoms with Crippen LogP contribution in [0.2, 0.25) is 0 Å². The molecule has 142 valence electrons. The Hall–Kier alpha value is -1.99. The summed E-state index contributed by atoms with van der Waals surface area (Å²) in [5, 5.41) is 29.6. The van der Waals surface area contributed by atoms with Gasteiger partial charge in [-0.1, -0.05) is 0 Å². The van der Waals surface area contributed by atoms with E-state index in [-0.39, 0.29) is 29.2 Å². The summed E-state index contributed by atoms with van der Waals surface area (Å²) in [7, 11) is 0. The number of nitrogen functional groups attached to an aromatic ring is 1. The predicted octanol–water partition coefficient (Wildman–Crippen LogP) is -1.44. The Labute approximate surface area is 155 Å². The molecule has 6 atom stereocenters. The fraction of sp³-hybridized carbons (Fsp3) is 0.571. The van der Waals surface area contributed by atoms with Crippen LogP contribution in [0.1, 0.15) is 15.4 Å². The SMILES string of the molecule is [3H]C(C[C@H](N)C(=O)O)SC[C@H]1O[C@@H](n2cnc3c(N)ncnc32)[C@]([3H])(O)[C@@H]1O. The van der Waals surface area contributed by atoms with E-state index in [4.69, 9.17) is 24.1 Å². The van der Waals surface area contributed by atoms with Gasteiger partial charge in [-0.25, -0.2) is 15.0 Å². The largest absolute Gasteiger partial charge is 0.480 e. The lowest BCUT2D eigenvalue weighted by molar-refractivity contribution is -0.138. The molecule has 1 saturated heterocycles. The van der Waals surface area contributed by atoms with Gasteiger partial charge in [0.05, 0.1) is 13.8 Å². The highest BCUT2D eigenvalue weighted by molar-refractivity contribution is 7.99. The number of aliphatic hydroxyl groups is 2. The second kappa shape index (κ2) is 7.72. The van der Waals surface area contributed by atoms with Crippen LogP contribution in [0.4, 0.5) is 5.82 Å². The van der Waals surface area contributed by atoms with Gasteiger partial charge in [0.1, 0.15) is 30.1 Å². The van der Waals surface area contributed by atoms with Crippen LogP contribution in [-0.4, -0.2) is 76.6 Å². The average molecular weight is 388 g/mol. The van der Waals surface area contributed by atoms with Crippen molar-refractivity contribution in [3.8, 4) is 0 Å². The van der Waals surface area contributed by atoms with Crippen LogP contribution < -0.4 is 11.5 Å². The summed E-state index contributed by atoms with van der Waals surface area (Å²) in [5.41, 5.74) is 10.8. The van der Waals surface area contributed by atoms with Gasteiger partial charge in [-0.05, 0) is 12.1 Å². The minimum atomic E-state index is -2.41. The summed E-state index contributed by atoms with van der Waals surface area (Å²) < 4.78 is 23.0. The zero-order chi connectivity index (χ0) is 20.6. The Morgan fingerprint density at radius 3 is 3.00 bits per heavy atom. The van der Waals surface area contributed by atoms with Crippen molar-refractivity contribution in [2.24, 2.45) is 5.73 Å². The van der Waals surface area contributed by atoms with E-state index >= 15 is 0 Å². The van der Waals surface area contributed by atoms with Crippen molar-refractivity contribution in [2.45, 2.75) is 37.0 Å². The smallest absolute Gasteiger partial charge is 0.320 e. The lowest BCUT2D eigenvalue weighted by Crippen LogP contribution is -2.33. The number of imidazole rings is 1. The molecule has 1 aliphatic rings. The highest BCUT2D eigenvalue weighted by atomic mass is 32.2. The first-order chi connectivity index (χ1) is 13.1.